The van der Waals surface area contributed by atoms with Crippen molar-refractivity contribution in [1.82, 2.24) is 19.9 Å². The Labute approximate surface area is 341 Å². The minimum Gasteiger partial charge on any atom is -0.354 e. The molecule has 0 atom stereocenters. The van der Waals surface area contributed by atoms with E-state index in [4.69, 9.17) is 9.97 Å². The standard InChI is InChI=1S/C49H32F6N4Si/c1-60(2,3)26-25-27-13-15-28(16-14-27)43-35-17-19-37(56-35)47(44-29(50)7-4-8-30(44)51)39-21-23-41(58-39)49(46-33(54)11-6-12-34(46)55)42-24-22-40(59-42)48(38-20-18-36(43)57-38)45-31(52)9-5-10-32(45)53/h4-24,56-57H,1-3H3. The number of nitrogens with one attached hydrogen (secondary N) is 2. The Kier molecular flexibility index (Phi) is 9.52. The van der Waals surface area contributed by atoms with Gasteiger partial charge in [-0.15, -0.1) is 5.54 Å². The summed E-state index contributed by atoms with van der Waals surface area (Å²) in [6.07, 6.45) is 5.97. The largest absolute Gasteiger partial charge is 0.354 e. The summed E-state index contributed by atoms with van der Waals surface area (Å²) < 4.78 is 95.0. The molecule has 0 spiro atoms. The number of aromatic amines is 2. The molecule has 294 valence electrons. The second kappa shape index (κ2) is 14.9. The lowest BCUT2D eigenvalue weighted by Crippen LogP contribution is -2.16. The van der Waals surface area contributed by atoms with Gasteiger partial charge in [0.1, 0.15) is 43.0 Å². The van der Waals surface area contributed by atoms with Crippen LogP contribution in [0.4, 0.5) is 26.3 Å². The van der Waals surface area contributed by atoms with Crippen LogP contribution in [-0.4, -0.2) is 28.0 Å². The molecule has 4 nitrogen and oxygen atoms in total. The van der Waals surface area contributed by atoms with Gasteiger partial charge in [-0.3, -0.25) is 0 Å². The van der Waals surface area contributed by atoms with Gasteiger partial charge in [0, 0.05) is 49.9 Å². The molecule has 11 heteroatoms. The van der Waals surface area contributed by atoms with Gasteiger partial charge in [0.05, 0.1) is 39.5 Å². The highest BCUT2D eigenvalue weighted by atomic mass is 28.3. The minimum absolute atomic E-state index is 0.0251. The molecule has 2 aliphatic rings. The average molecular weight is 819 g/mol. The molecular weight excluding hydrogens is 787 g/mol. The zero-order valence-corrected chi connectivity index (χ0v) is 33.3. The fourth-order valence-corrected chi connectivity index (χ4v) is 8.01. The third kappa shape index (κ3) is 6.94. The normalized spacial score (nSPS) is 12.2. The van der Waals surface area contributed by atoms with E-state index < -0.39 is 48.5 Å². The maximum atomic E-state index is 15.9. The van der Waals surface area contributed by atoms with E-state index in [2.05, 4.69) is 41.1 Å². The second-order valence-corrected chi connectivity index (χ2v) is 20.1. The first-order valence-corrected chi connectivity index (χ1v) is 22.5. The van der Waals surface area contributed by atoms with Crippen LogP contribution < -0.4 is 0 Å². The Bertz CT molecular complexity index is 3000. The molecule has 7 aromatic rings. The number of rotatable bonds is 4. The van der Waals surface area contributed by atoms with Crippen LogP contribution in [0.2, 0.25) is 19.6 Å². The lowest BCUT2D eigenvalue weighted by molar-refractivity contribution is 0.589. The number of hydrogen-bond acceptors (Lipinski definition) is 2. The average Bonchev–Trinajstić information content (AvgIpc) is 4.05. The fourth-order valence-electron chi connectivity index (χ4n) is 7.49. The van der Waals surface area contributed by atoms with E-state index in [1.807, 2.05) is 24.3 Å². The number of hydrogen-bond donors (Lipinski definition) is 2. The van der Waals surface area contributed by atoms with Gasteiger partial charge in [0.25, 0.3) is 0 Å². The number of H-pyrrole nitrogens is 2. The summed E-state index contributed by atoms with van der Waals surface area (Å²) in [7, 11) is -1.67. The monoisotopic (exact) mass is 818 g/mol. The third-order valence-electron chi connectivity index (χ3n) is 10.1. The number of fused-ring (bicyclic) bond motifs is 8. The van der Waals surface area contributed by atoms with E-state index in [1.165, 1.54) is 42.5 Å². The van der Waals surface area contributed by atoms with Crippen molar-refractivity contribution in [1.29, 1.82) is 0 Å². The zero-order chi connectivity index (χ0) is 41.9. The quantitative estimate of drug-likeness (QED) is 0.106. The summed E-state index contributed by atoms with van der Waals surface area (Å²) >= 11 is 0. The summed E-state index contributed by atoms with van der Waals surface area (Å²) in [5.74, 6) is -2.02. The first-order chi connectivity index (χ1) is 28.8. The van der Waals surface area contributed by atoms with Crippen molar-refractivity contribution in [2.24, 2.45) is 0 Å². The molecule has 3 aromatic heterocycles. The fraction of sp³-hybridized carbons (Fsp3) is 0.0612. The Balaban J connectivity index is 1.47. The summed E-state index contributed by atoms with van der Waals surface area (Å²) in [5.41, 5.74) is 6.14. The van der Waals surface area contributed by atoms with Crippen molar-refractivity contribution in [3.63, 3.8) is 0 Å². The van der Waals surface area contributed by atoms with Crippen LogP contribution in [0, 0.1) is 46.4 Å². The van der Waals surface area contributed by atoms with Crippen LogP contribution in [-0.2, 0) is 0 Å². The van der Waals surface area contributed by atoms with Crippen molar-refractivity contribution in [3.8, 4) is 56.0 Å². The highest BCUT2D eigenvalue weighted by Gasteiger charge is 2.25. The third-order valence-corrected chi connectivity index (χ3v) is 11.0. The van der Waals surface area contributed by atoms with Gasteiger partial charge < -0.3 is 9.97 Å². The smallest absolute Gasteiger partial charge is 0.134 e. The van der Waals surface area contributed by atoms with Crippen LogP contribution in [0.1, 0.15) is 28.3 Å². The van der Waals surface area contributed by atoms with Gasteiger partial charge in [0.2, 0.25) is 0 Å². The molecule has 0 aliphatic carbocycles. The van der Waals surface area contributed by atoms with E-state index in [0.29, 0.717) is 16.6 Å². The number of benzene rings is 4. The highest BCUT2D eigenvalue weighted by Crippen LogP contribution is 2.41. The van der Waals surface area contributed by atoms with Crippen LogP contribution in [0.5, 0.6) is 0 Å². The van der Waals surface area contributed by atoms with Crippen molar-refractivity contribution in [3.05, 3.63) is 166 Å². The molecule has 2 N–H and O–H groups in total. The molecule has 0 saturated heterocycles. The first kappa shape index (κ1) is 38.4. The van der Waals surface area contributed by atoms with E-state index in [1.54, 1.807) is 24.3 Å². The van der Waals surface area contributed by atoms with E-state index in [9.17, 15) is 0 Å². The van der Waals surface area contributed by atoms with Gasteiger partial charge in [-0.05, 0) is 103 Å². The Morgan fingerprint density at radius 3 is 1.10 bits per heavy atom. The SMILES string of the molecule is C[Si](C)(C)C#Cc1ccc(-c2c3ccc([nH]3)c(-c3c(F)cccc3F)c3nc(c(-c4c(F)cccc4F)c4nc(c(-c5c(F)cccc5F)c5ccc2[nH]5)C=C4)C=C3)cc1. The molecule has 9 rings (SSSR count). The zero-order valence-electron chi connectivity index (χ0n) is 32.3. The van der Waals surface area contributed by atoms with Gasteiger partial charge in [-0.1, -0.05) is 55.9 Å². The molecule has 8 bridgehead atoms. The van der Waals surface area contributed by atoms with Crippen LogP contribution >= 0.6 is 0 Å². The van der Waals surface area contributed by atoms with Crippen LogP contribution in [0.15, 0.2) is 103 Å². The predicted molar refractivity (Wildman–Crippen MR) is 231 cm³/mol. The molecule has 5 heterocycles. The predicted octanol–water partition coefficient (Wildman–Crippen LogP) is 13.4. The highest BCUT2D eigenvalue weighted by molar-refractivity contribution is 6.83. The number of aromatic nitrogens is 4. The molecule has 2 aliphatic heterocycles. The van der Waals surface area contributed by atoms with Crippen LogP contribution in [0.25, 0.3) is 90.9 Å². The van der Waals surface area contributed by atoms with Gasteiger partial charge in [0.15, 0.2) is 0 Å². The number of nitrogens with zero attached hydrogens (tertiary/aromatic N) is 2. The summed E-state index contributed by atoms with van der Waals surface area (Å²) in [6.45, 7) is 6.47. The van der Waals surface area contributed by atoms with Crippen LogP contribution in [0.3, 0.4) is 0 Å². The van der Waals surface area contributed by atoms with Gasteiger partial charge in [-0.25, -0.2) is 36.3 Å². The van der Waals surface area contributed by atoms with E-state index in [-0.39, 0.29) is 61.6 Å². The maximum Gasteiger partial charge on any atom is 0.134 e. The first-order valence-electron chi connectivity index (χ1n) is 19.0. The Morgan fingerprint density at radius 1 is 0.400 bits per heavy atom. The Hall–Kier alpha value is -7.16. The molecule has 4 aromatic carbocycles. The number of halogens is 6. The maximum absolute atomic E-state index is 15.9. The van der Waals surface area contributed by atoms with Gasteiger partial charge in [-0.2, -0.15) is 0 Å². The van der Waals surface area contributed by atoms with Gasteiger partial charge >= 0.3 is 0 Å². The molecular formula is C49H32F6N4Si. The van der Waals surface area contributed by atoms with Crippen molar-refractivity contribution in [2.75, 3.05) is 0 Å². The molecule has 0 amide bonds. The lowest BCUT2D eigenvalue weighted by atomic mass is 10.0. The minimum atomic E-state index is -1.67. The Morgan fingerprint density at radius 2 is 0.733 bits per heavy atom. The summed E-state index contributed by atoms with van der Waals surface area (Å²) in [6, 6.07) is 24.9. The molecule has 0 fully saturated rings. The van der Waals surface area contributed by atoms with E-state index in [0.717, 1.165) is 47.5 Å². The topological polar surface area (TPSA) is 57.4 Å². The van der Waals surface area contributed by atoms with E-state index >= 15 is 26.3 Å². The summed E-state index contributed by atoms with van der Waals surface area (Å²) in [5, 5.41) is 0. The van der Waals surface area contributed by atoms with Crippen molar-refractivity contribution in [2.45, 2.75) is 19.6 Å². The lowest BCUT2D eigenvalue weighted by Gasteiger charge is -2.09. The molecule has 0 saturated carbocycles. The second-order valence-electron chi connectivity index (χ2n) is 15.4. The molecule has 0 radical (unpaired) electrons. The summed E-state index contributed by atoms with van der Waals surface area (Å²) in [4.78, 5) is 16.3. The van der Waals surface area contributed by atoms with Crippen molar-refractivity contribution < 1.29 is 26.3 Å². The van der Waals surface area contributed by atoms with Crippen molar-refractivity contribution >= 4 is 54.4 Å². The molecule has 60 heavy (non-hydrogen) atoms. The molecule has 0 unspecified atom stereocenters.